The molecule has 0 spiro atoms. The molecule has 0 unspecified atom stereocenters. The van der Waals surface area contributed by atoms with Crippen LogP contribution in [0.3, 0.4) is 0 Å². The summed E-state index contributed by atoms with van der Waals surface area (Å²) in [6.07, 6.45) is 0.0181. The Morgan fingerprint density at radius 1 is 0.936 bits per heavy atom. The van der Waals surface area contributed by atoms with Crippen molar-refractivity contribution in [2.75, 3.05) is 14.1 Å². The van der Waals surface area contributed by atoms with E-state index >= 15 is 0 Å². The van der Waals surface area contributed by atoms with Gasteiger partial charge in [-0.2, -0.15) is 0 Å². The first-order chi connectivity index (χ1) is 22.1. The van der Waals surface area contributed by atoms with Gasteiger partial charge in [0.2, 0.25) is 11.8 Å². The Labute approximate surface area is 281 Å². The van der Waals surface area contributed by atoms with Crippen LogP contribution in [0.25, 0.3) is 0 Å². The summed E-state index contributed by atoms with van der Waals surface area (Å²) in [4.78, 5) is 76.1. The van der Waals surface area contributed by atoms with Crippen LogP contribution in [0.4, 0.5) is 0 Å². The maximum atomic E-state index is 14.3. The number of phenols is 1. The SMILES string of the molecule is CCC[C@H]1NC(=O)c2csc(n2)[C@H](C)NC(=O)[C@H](C(C)C)N(C)C(=O)[C@H](Cc2ccc(O)cc2)N(C)C(=O)[C@H](C(C)C)OC(=O)[C@H]1C. The van der Waals surface area contributed by atoms with Crippen LogP contribution in [0.1, 0.15) is 88.4 Å². The number of likely N-dealkylation sites (N-methyl/N-ethyl adjacent to an activating group) is 2. The average Bonchev–Trinajstić information content (AvgIpc) is 3.52. The van der Waals surface area contributed by atoms with Crippen molar-refractivity contribution in [1.82, 2.24) is 25.4 Å². The molecule has 258 valence electrons. The van der Waals surface area contributed by atoms with E-state index in [1.54, 1.807) is 45.2 Å². The van der Waals surface area contributed by atoms with E-state index < -0.39 is 71.7 Å². The van der Waals surface area contributed by atoms with Crippen molar-refractivity contribution in [2.45, 2.75) is 98.0 Å². The molecule has 0 saturated carbocycles. The van der Waals surface area contributed by atoms with Gasteiger partial charge in [0.15, 0.2) is 6.10 Å². The highest BCUT2D eigenvalue weighted by atomic mass is 32.1. The van der Waals surface area contributed by atoms with Crippen molar-refractivity contribution in [3.8, 4) is 5.75 Å². The van der Waals surface area contributed by atoms with Gasteiger partial charge in [0.05, 0.1) is 12.0 Å². The summed E-state index contributed by atoms with van der Waals surface area (Å²) in [5.41, 5.74) is 0.837. The summed E-state index contributed by atoms with van der Waals surface area (Å²) in [6, 6.07) is 3.18. The molecule has 3 N–H and O–H groups in total. The molecule has 0 radical (unpaired) electrons. The fourth-order valence-corrected chi connectivity index (χ4v) is 6.52. The topological polar surface area (TPSA) is 158 Å². The highest BCUT2D eigenvalue weighted by Gasteiger charge is 2.41. The molecule has 2 bridgehead atoms. The number of phenolic OH excluding ortho intramolecular Hbond substituents is 1. The van der Waals surface area contributed by atoms with Crippen molar-refractivity contribution in [1.29, 1.82) is 0 Å². The summed E-state index contributed by atoms with van der Waals surface area (Å²) in [6.45, 7) is 12.5. The second-order valence-electron chi connectivity index (χ2n) is 13.0. The van der Waals surface area contributed by atoms with Gasteiger partial charge in [0.1, 0.15) is 28.5 Å². The highest BCUT2D eigenvalue weighted by molar-refractivity contribution is 7.09. The van der Waals surface area contributed by atoms with Crippen LogP contribution >= 0.6 is 11.3 Å². The van der Waals surface area contributed by atoms with Gasteiger partial charge >= 0.3 is 5.97 Å². The van der Waals surface area contributed by atoms with Gasteiger partial charge in [-0.05, 0) is 49.8 Å². The first-order valence-electron chi connectivity index (χ1n) is 16.2. The number of thiazole rings is 1. The summed E-state index contributed by atoms with van der Waals surface area (Å²) in [5.74, 6) is -4.06. The van der Waals surface area contributed by atoms with Crippen LogP contribution in [0.15, 0.2) is 29.6 Å². The number of cyclic esters (lactones) is 1. The molecule has 4 amide bonds. The molecule has 0 aliphatic carbocycles. The van der Waals surface area contributed by atoms with Gasteiger partial charge in [-0.15, -0.1) is 11.3 Å². The van der Waals surface area contributed by atoms with Crippen LogP contribution < -0.4 is 10.6 Å². The molecule has 1 aromatic carbocycles. The number of hydrogen-bond acceptors (Lipinski definition) is 9. The number of benzene rings is 1. The molecule has 1 aliphatic heterocycles. The first-order valence-corrected chi connectivity index (χ1v) is 17.0. The fraction of sp³-hybridized carbons (Fsp3) is 0.588. The molecular formula is C34H49N5O7S. The van der Waals surface area contributed by atoms with Crippen molar-refractivity contribution in [3.63, 3.8) is 0 Å². The third kappa shape index (κ3) is 9.09. The zero-order chi connectivity index (χ0) is 35.2. The van der Waals surface area contributed by atoms with Gasteiger partial charge in [0, 0.05) is 31.9 Å². The molecule has 0 saturated heterocycles. The molecule has 47 heavy (non-hydrogen) atoms. The number of carbonyl (C=O) groups is 5. The van der Waals surface area contributed by atoms with Crippen LogP contribution in [0.5, 0.6) is 5.75 Å². The average molecular weight is 672 g/mol. The quantitative estimate of drug-likeness (QED) is 0.393. The lowest BCUT2D eigenvalue weighted by atomic mass is 9.96. The second kappa shape index (κ2) is 16.2. The number of esters is 1. The molecule has 0 fully saturated rings. The molecule has 3 rings (SSSR count). The number of aromatic nitrogens is 1. The lowest BCUT2D eigenvalue weighted by molar-refractivity contribution is -0.168. The van der Waals surface area contributed by atoms with E-state index in [1.165, 1.54) is 47.4 Å². The standard InChI is InChI=1S/C34H49N5O7S/c1-10-11-24-20(6)34(45)46-28(19(4)5)33(44)38(8)26(16-22-12-14-23(40)15-13-22)32(43)39(9)27(18(2)3)30(42)35-21(7)31-37-25(17-47-31)29(41)36-24/h12-15,17-21,24,26-28,40H,10-11,16H2,1-9H3,(H,35,42)(H,36,41)/t20-,21-,24+,26-,27-,28-/m0/s1. The van der Waals surface area contributed by atoms with Gasteiger partial charge in [-0.1, -0.05) is 53.2 Å². The number of amides is 4. The van der Waals surface area contributed by atoms with Crippen molar-refractivity contribution in [2.24, 2.45) is 17.8 Å². The fourth-order valence-electron chi connectivity index (χ4n) is 5.72. The maximum absolute atomic E-state index is 14.3. The van der Waals surface area contributed by atoms with Crippen LogP contribution in [-0.4, -0.2) is 87.8 Å². The summed E-state index contributed by atoms with van der Waals surface area (Å²) in [7, 11) is 3.02. The number of nitrogens with zero attached hydrogens (tertiary/aromatic N) is 3. The monoisotopic (exact) mass is 671 g/mol. The third-order valence-corrected chi connectivity index (χ3v) is 9.63. The molecule has 1 aromatic heterocycles. The summed E-state index contributed by atoms with van der Waals surface area (Å²) < 4.78 is 5.86. The van der Waals surface area contributed by atoms with E-state index in [0.29, 0.717) is 23.4 Å². The Hall–Kier alpha value is -4.00. The molecule has 13 heteroatoms. The van der Waals surface area contributed by atoms with E-state index in [9.17, 15) is 29.1 Å². The zero-order valence-electron chi connectivity index (χ0n) is 28.8. The highest BCUT2D eigenvalue weighted by Crippen LogP contribution is 2.24. The number of nitrogens with one attached hydrogen (secondary N) is 2. The van der Waals surface area contributed by atoms with E-state index in [2.05, 4.69) is 15.6 Å². The minimum atomic E-state index is -1.22. The van der Waals surface area contributed by atoms with E-state index in [1.807, 2.05) is 20.8 Å². The minimum Gasteiger partial charge on any atom is -0.508 e. The van der Waals surface area contributed by atoms with Gasteiger partial charge < -0.3 is 30.3 Å². The Morgan fingerprint density at radius 2 is 1.57 bits per heavy atom. The van der Waals surface area contributed by atoms with Crippen LogP contribution in [0, 0.1) is 17.8 Å². The third-order valence-electron chi connectivity index (χ3n) is 8.60. The molecular weight excluding hydrogens is 622 g/mol. The number of rotatable bonds is 6. The normalized spacial score (nSPS) is 25.6. The van der Waals surface area contributed by atoms with E-state index in [4.69, 9.17) is 4.74 Å². The molecule has 2 heterocycles. The number of aromatic hydroxyl groups is 1. The predicted molar refractivity (Wildman–Crippen MR) is 178 cm³/mol. The largest absolute Gasteiger partial charge is 0.508 e. The van der Waals surface area contributed by atoms with E-state index in [0.717, 1.165) is 0 Å². The van der Waals surface area contributed by atoms with Crippen LogP contribution in [-0.2, 0) is 30.3 Å². The molecule has 6 atom stereocenters. The number of hydrogen-bond donors (Lipinski definition) is 3. The van der Waals surface area contributed by atoms with Gasteiger partial charge in [0.25, 0.3) is 11.8 Å². The Balaban J connectivity index is 2.13. The lowest BCUT2D eigenvalue weighted by Gasteiger charge is -2.37. The Morgan fingerprint density at radius 3 is 2.15 bits per heavy atom. The maximum Gasteiger partial charge on any atom is 0.311 e. The van der Waals surface area contributed by atoms with E-state index in [-0.39, 0.29) is 23.8 Å². The van der Waals surface area contributed by atoms with Gasteiger partial charge in [-0.3, -0.25) is 24.0 Å². The lowest BCUT2D eigenvalue weighted by Crippen LogP contribution is -2.58. The molecule has 12 nitrogen and oxygen atoms in total. The first kappa shape index (κ1) is 37.5. The Kier molecular flexibility index (Phi) is 12.9. The summed E-state index contributed by atoms with van der Waals surface area (Å²) >= 11 is 1.23. The molecule has 1 aliphatic rings. The number of fused-ring (bicyclic) bond motifs is 2. The minimum absolute atomic E-state index is 0.0543. The van der Waals surface area contributed by atoms with Crippen molar-refractivity contribution in [3.05, 3.63) is 45.9 Å². The van der Waals surface area contributed by atoms with Crippen molar-refractivity contribution >= 4 is 40.9 Å². The zero-order valence-corrected chi connectivity index (χ0v) is 29.6. The number of carbonyl (C=O) groups excluding carboxylic acids is 5. The predicted octanol–water partition coefficient (Wildman–Crippen LogP) is 3.69. The summed E-state index contributed by atoms with van der Waals surface area (Å²) in [5, 5.41) is 17.8. The van der Waals surface area contributed by atoms with Crippen molar-refractivity contribution < 1.29 is 33.8 Å². The smallest absolute Gasteiger partial charge is 0.311 e. The number of ether oxygens (including phenoxy) is 1. The molecule has 2 aromatic rings. The van der Waals surface area contributed by atoms with Crippen LogP contribution in [0.2, 0.25) is 0 Å². The van der Waals surface area contributed by atoms with Gasteiger partial charge in [-0.25, -0.2) is 4.98 Å². The second-order valence-corrected chi connectivity index (χ2v) is 13.9. The Bertz CT molecular complexity index is 1430.